The van der Waals surface area contributed by atoms with Crippen LogP contribution >= 0.6 is 0 Å². The lowest BCUT2D eigenvalue weighted by atomic mass is 10.2. The van der Waals surface area contributed by atoms with Crippen LogP contribution < -0.4 is 5.73 Å². The summed E-state index contributed by atoms with van der Waals surface area (Å²) in [5.41, 5.74) is 5.61. The molecule has 0 saturated carbocycles. The summed E-state index contributed by atoms with van der Waals surface area (Å²) < 4.78 is 5.07. The molecular weight excluding hydrogens is 156 g/mol. The molecule has 2 atom stereocenters. The topological polar surface area (TPSA) is 55.6 Å². The van der Waals surface area contributed by atoms with Crippen LogP contribution in [0.4, 0.5) is 0 Å². The van der Waals surface area contributed by atoms with Gasteiger partial charge in [0, 0.05) is 12.6 Å². The number of carbonyl (C=O) groups excluding carboxylic acids is 1. The highest BCUT2D eigenvalue weighted by molar-refractivity contribution is 5.78. The van der Waals surface area contributed by atoms with Gasteiger partial charge in [-0.3, -0.25) is 4.79 Å². The van der Waals surface area contributed by atoms with Gasteiger partial charge in [-0.25, -0.2) is 0 Å². The average molecular weight is 172 g/mol. The summed E-state index contributed by atoms with van der Waals surface area (Å²) in [6.07, 6.45) is 0. The van der Waals surface area contributed by atoms with Crippen LogP contribution in [0, 0.1) is 0 Å². The van der Waals surface area contributed by atoms with Gasteiger partial charge in [0.15, 0.2) is 0 Å². The zero-order valence-electron chi connectivity index (χ0n) is 7.62. The van der Waals surface area contributed by atoms with Crippen molar-refractivity contribution in [3.8, 4) is 0 Å². The Bertz CT molecular complexity index is 170. The summed E-state index contributed by atoms with van der Waals surface area (Å²) in [7, 11) is 0. The van der Waals surface area contributed by atoms with Crippen molar-refractivity contribution < 1.29 is 9.53 Å². The van der Waals surface area contributed by atoms with Crippen molar-refractivity contribution >= 4 is 5.91 Å². The third-order valence-electron chi connectivity index (χ3n) is 1.92. The normalized spacial score (nSPS) is 27.4. The van der Waals surface area contributed by atoms with Crippen LogP contribution in [0.3, 0.4) is 0 Å². The van der Waals surface area contributed by atoms with Crippen molar-refractivity contribution in [3.05, 3.63) is 0 Å². The number of ether oxygens (including phenoxy) is 1. The predicted octanol–water partition coefficient (Wildman–Crippen LogP) is -0.419. The van der Waals surface area contributed by atoms with Crippen LogP contribution in [0.2, 0.25) is 0 Å². The molecule has 1 aliphatic rings. The predicted molar refractivity (Wildman–Crippen MR) is 45.6 cm³/mol. The fourth-order valence-corrected chi connectivity index (χ4v) is 1.33. The Labute approximate surface area is 72.7 Å². The van der Waals surface area contributed by atoms with Crippen LogP contribution in [0.1, 0.15) is 13.8 Å². The summed E-state index contributed by atoms with van der Waals surface area (Å²) in [5, 5.41) is 0. The van der Waals surface area contributed by atoms with Crippen molar-refractivity contribution in [1.82, 2.24) is 4.90 Å². The van der Waals surface area contributed by atoms with E-state index in [-0.39, 0.29) is 24.6 Å². The first-order valence-electron chi connectivity index (χ1n) is 4.24. The lowest BCUT2D eigenvalue weighted by molar-refractivity contribution is -0.147. The van der Waals surface area contributed by atoms with E-state index in [1.165, 1.54) is 0 Å². The van der Waals surface area contributed by atoms with Gasteiger partial charge in [0.2, 0.25) is 5.91 Å². The van der Waals surface area contributed by atoms with Crippen molar-refractivity contribution in [1.29, 1.82) is 0 Å². The van der Waals surface area contributed by atoms with E-state index in [0.717, 1.165) is 0 Å². The third kappa shape index (κ3) is 2.19. The highest BCUT2D eigenvalue weighted by atomic mass is 16.5. The second-order valence-electron chi connectivity index (χ2n) is 3.39. The van der Waals surface area contributed by atoms with Crippen LogP contribution in [0.5, 0.6) is 0 Å². The molecule has 1 fully saturated rings. The quantitative estimate of drug-likeness (QED) is 0.615. The maximum atomic E-state index is 11.3. The third-order valence-corrected chi connectivity index (χ3v) is 1.92. The highest BCUT2D eigenvalue weighted by Crippen LogP contribution is 2.07. The number of rotatable bonds is 2. The Balaban J connectivity index is 2.51. The molecule has 1 aliphatic heterocycles. The van der Waals surface area contributed by atoms with E-state index < -0.39 is 0 Å². The number of amides is 1. The van der Waals surface area contributed by atoms with Gasteiger partial charge in [0.05, 0.1) is 12.6 Å². The van der Waals surface area contributed by atoms with Crippen LogP contribution in [0.25, 0.3) is 0 Å². The zero-order chi connectivity index (χ0) is 9.14. The van der Waals surface area contributed by atoms with Gasteiger partial charge in [0.25, 0.3) is 0 Å². The van der Waals surface area contributed by atoms with Gasteiger partial charge in [0.1, 0.15) is 6.61 Å². The molecule has 0 aromatic carbocycles. The second-order valence-corrected chi connectivity index (χ2v) is 3.39. The number of nitrogens with zero attached hydrogens (tertiary/aromatic N) is 1. The SMILES string of the molecule is CC(N)CN1C(=O)COCC1C. The lowest BCUT2D eigenvalue weighted by Crippen LogP contribution is -2.51. The molecule has 0 radical (unpaired) electrons. The number of morpholine rings is 1. The van der Waals surface area contributed by atoms with Crippen molar-refractivity contribution in [2.75, 3.05) is 19.8 Å². The van der Waals surface area contributed by atoms with Gasteiger partial charge in [-0.15, -0.1) is 0 Å². The molecule has 0 bridgehead atoms. The molecule has 2 N–H and O–H groups in total. The van der Waals surface area contributed by atoms with Crippen LogP contribution in [-0.4, -0.2) is 42.6 Å². The molecule has 0 aromatic heterocycles. The van der Waals surface area contributed by atoms with Gasteiger partial charge in [-0.1, -0.05) is 0 Å². The summed E-state index contributed by atoms with van der Waals surface area (Å²) >= 11 is 0. The lowest BCUT2D eigenvalue weighted by Gasteiger charge is -2.34. The Morgan fingerprint density at radius 2 is 2.50 bits per heavy atom. The van der Waals surface area contributed by atoms with Crippen molar-refractivity contribution in [3.63, 3.8) is 0 Å². The van der Waals surface area contributed by atoms with E-state index in [1.807, 2.05) is 13.8 Å². The average Bonchev–Trinajstić information content (AvgIpc) is 1.97. The first-order valence-corrected chi connectivity index (χ1v) is 4.24. The van der Waals surface area contributed by atoms with E-state index in [0.29, 0.717) is 13.2 Å². The minimum atomic E-state index is 0.0366. The molecule has 1 rings (SSSR count). The fourth-order valence-electron chi connectivity index (χ4n) is 1.33. The molecule has 2 unspecified atom stereocenters. The van der Waals surface area contributed by atoms with E-state index in [2.05, 4.69) is 0 Å². The largest absolute Gasteiger partial charge is 0.370 e. The molecule has 4 heteroatoms. The Morgan fingerprint density at radius 1 is 1.83 bits per heavy atom. The van der Waals surface area contributed by atoms with Gasteiger partial charge in [-0.05, 0) is 13.8 Å². The van der Waals surface area contributed by atoms with Crippen LogP contribution in [0.15, 0.2) is 0 Å². The molecule has 12 heavy (non-hydrogen) atoms. The minimum absolute atomic E-state index is 0.0366. The minimum Gasteiger partial charge on any atom is -0.370 e. The van der Waals surface area contributed by atoms with Crippen molar-refractivity contribution in [2.24, 2.45) is 5.73 Å². The van der Waals surface area contributed by atoms with E-state index in [1.54, 1.807) is 4.90 Å². The number of nitrogens with two attached hydrogens (primary N) is 1. The number of hydrogen-bond acceptors (Lipinski definition) is 3. The Hall–Kier alpha value is -0.610. The number of carbonyl (C=O) groups is 1. The zero-order valence-corrected chi connectivity index (χ0v) is 7.62. The van der Waals surface area contributed by atoms with Crippen LogP contribution in [-0.2, 0) is 9.53 Å². The monoisotopic (exact) mass is 172 g/mol. The first kappa shape index (κ1) is 9.48. The van der Waals surface area contributed by atoms with Gasteiger partial charge >= 0.3 is 0 Å². The Morgan fingerprint density at radius 3 is 3.00 bits per heavy atom. The fraction of sp³-hybridized carbons (Fsp3) is 0.875. The summed E-state index contributed by atoms with van der Waals surface area (Å²) in [4.78, 5) is 13.1. The maximum absolute atomic E-state index is 11.3. The molecule has 1 amide bonds. The smallest absolute Gasteiger partial charge is 0.248 e. The molecular formula is C8H16N2O2. The summed E-state index contributed by atoms with van der Waals surface area (Å²) in [6, 6.07) is 0.201. The molecule has 0 aliphatic carbocycles. The van der Waals surface area contributed by atoms with Gasteiger partial charge in [-0.2, -0.15) is 0 Å². The molecule has 1 saturated heterocycles. The Kier molecular flexibility index (Phi) is 3.05. The molecule has 0 spiro atoms. The summed E-state index contributed by atoms with van der Waals surface area (Å²) in [6.45, 7) is 5.33. The second kappa shape index (κ2) is 3.87. The van der Waals surface area contributed by atoms with E-state index in [9.17, 15) is 4.79 Å². The standard InChI is InChI=1S/C8H16N2O2/c1-6(9)3-10-7(2)4-12-5-8(10)11/h6-7H,3-5,9H2,1-2H3. The molecule has 4 nitrogen and oxygen atoms in total. The number of hydrogen-bond donors (Lipinski definition) is 1. The van der Waals surface area contributed by atoms with Crippen molar-refractivity contribution in [2.45, 2.75) is 25.9 Å². The molecule has 1 heterocycles. The first-order chi connectivity index (χ1) is 5.61. The van der Waals surface area contributed by atoms with Gasteiger partial charge < -0.3 is 15.4 Å². The highest BCUT2D eigenvalue weighted by Gasteiger charge is 2.25. The van der Waals surface area contributed by atoms with E-state index in [4.69, 9.17) is 10.5 Å². The summed E-state index contributed by atoms with van der Waals surface area (Å²) in [5.74, 6) is 0.0473. The molecule has 70 valence electrons. The van der Waals surface area contributed by atoms with E-state index >= 15 is 0 Å². The maximum Gasteiger partial charge on any atom is 0.248 e. The molecule has 0 aromatic rings.